The summed E-state index contributed by atoms with van der Waals surface area (Å²) >= 11 is 0. The summed E-state index contributed by atoms with van der Waals surface area (Å²) in [6.07, 6.45) is 6.29. The molecule has 1 saturated heterocycles. The summed E-state index contributed by atoms with van der Waals surface area (Å²) < 4.78 is 31.4. The molecule has 1 aliphatic rings. The molecule has 43 heavy (non-hydrogen) atoms. The van der Waals surface area contributed by atoms with Crippen LogP contribution in [-0.4, -0.2) is 54.7 Å². The van der Waals surface area contributed by atoms with E-state index >= 15 is 0 Å². The molecule has 1 fully saturated rings. The van der Waals surface area contributed by atoms with Crippen LogP contribution in [0.15, 0.2) is 85.2 Å². The van der Waals surface area contributed by atoms with E-state index in [0.717, 1.165) is 61.2 Å². The topological polar surface area (TPSA) is 117 Å². The zero-order chi connectivity index (χ0) is 30.4. The molecule has 2 N–H and O–H groups in total. The van der Waals surface area contributed by atoms with Crippen LogP contribution >= 0.6 is 0 Å². The number of amides is 2. The number of piperidine rings is 1. The Labute approximate surface area is 252 Å². The van der Waals surface area contributed by atoms with Gasteiger partial charge in [-0.15, -0.1) is 0 Å². The van der Waals surface area contributed by atoms with Crippen LogP contribution in [0.1, 0.15) is 29.7 Å². The van der Waals surface area contributed by atoms with Gasteiger partial charge in [0.05, 0.1) is 18.1 Å². The monoisotopic (exact) mass is 600 g/mol. The molecule has 2 aromatic heterocycles. The highest BCUT2D eigenvalue weighted by Gasteiger charge is 2.29. The Hall–Kier alpha value is -4.48. The molecule has 3 heterocycles. The number of hydrogen-bond acceptors (Lipinski definition) is 7. The summed E-state index contributed by atoms with van der Waals surface area (Å²) in [5, 5.41) is 3.02. The van der Waals surface area contributed by atoms with Crippen molar-refractivity contribution in [1.82, 2.24) is 14.9 Å². The van der Waals surface area contributed by atoms with Gasteiger partial charge in [-0.25, -0.2) is 18.2 Å². The van der Waals surface area contributed by atoms with E-state index in [1.807, 2.05) is 79.5 Å². The fourth-order valence-electron chi connectivity index (χ4n) is 5.12. The number of nitrogens with one attached hydrogen (secondary N) is 2. The highest BCUT2D eigenvalue weighted by molar-refractivity contribution is 7.92. The largest absolute Gasteiger partial charge is 0.439 e. The number of sulfonamides is 1. The van der Waals surface area contributed by atoms with Crippen LogP contribution in [-0.2, 0) is 16.6 Å². The first-order chi connectivity index (χ1) is 20.6. The third-order valence-electron chi connectivity index (χ3n) is 7.23. The molecule has 224 valence electrons. The smallest absolute Gasteiger partial charge is 0.326 e. The van der Waals surface area contributed by atoms with Gasteiger partial charge >= 0.3 is 6.03 Å². The zero-order valence-corrected chi connectivity index (χ0v) is 25.3. The zero-order valence-electron chi connectivity index (χ0n) is 24.5. The lowest BCUT2D eigenvalue weighted by atomic mass is 10.0. The van der Waals surface area contributed by atoms with Crippen molar-refractivity contribution in [2.24, 2.45) is 0 Å². The Balaban J connectivity index is 1.17. The van der Waals surface area contributed by atoms with E-state index in [2.05, 4.69) is 24.9 Å². The standard InChI is InChI=1S/C32H36N6O4S/c1-23-19-26(36-43(3,40)41)12-13-30(23)42-31-14-10-25(20-34-31)22-37-17-15-29(16-18-37)38(28-7-5-4-6-8-28)32(39)35-27-11-9-24(2)33-21-27/h4-14,19-21,29,36H,15-18,22H2,1-3H3,(H,35,39). The number of ether oxygens (including phenoxy) is 1. The van der Waals surface area contributed by atoms with Crippen LogP contribution in [0, 0.1) is 13.8 Å². The van der Waals surface area contributed by atoms with E-state index in [1.165, 1.54) is 0 Å². The van der Waals surface area contributed by atoms with E-state index in [4.69, 9.17) is 4.74 Å². The third kappa shape index (κ3) is 8.30. The van der Waals surface area contributed by atoms with Crippen molar-refractivity contribution in [3.63, 3.8) is 0 Å². The molecule has 10 nitrogen and oxygen atoms in total. The van der Waals surface area contributed by atoms with Crippen LogP contribution in [0.2, 0.25) is 0 Å². The SMILES string of the molecule is Cc1ccc(NC(=O)N(c2ccccc2)C2CCN(Cc3ccc(Oc4ccc(NS(C)(=O)=O)cc4C)nc3)CC2)cn1. The second-order valence-electron chi connectivity index (χ2n) is 10.8. The highest BCUT2D eigenvalue weighted by Crippen LogP contribution is 2.28. The average Bonchev–Trinajstić information content (AvgIpc) is 2.97. The van der Waals surface area contributed by atoms with Crippen LogP contribution < -0.4 is 19.7 Å². The van der Waals surface area contributed by atoms with Gasteiger partial charge in [0.25, 0.3) is 0 Å². The van der Waals surface area contributed by atoms with Gasteiger partial charge in [0, 0.05) is 55.0 Å². The van der Waals surface area contributed by atoms with Gasteiger partial charge in [-0.05, 0) is 80.3 Å². The highest BCUT2D eigenvalue weighted by atomic mass is 32.2. The summed E-state index contributed by atoms with van der Waals surface area (Å²) in [6.45, 7) is 6.21. The van der Waals surface area contributed by atoms with Crippen molar-refractivity contribution >= 4 is 33.1 Å². The van der Waals surface area contributed by atoms with Crippen LogP contribution in [0.3, 0.4) is 0 Å². The lowest BCUT2D eigenvalue weighted by Crippen LogP contribution is -2.49. The lowest BCUT2D eigenvalue weighted by Gasteiger charge is -2.38. The maximum absolute atomic E-state index is 13.5. The number of urea groups is 1. The number of anilines is 3. The summed E-state index contributed by atoms with van der Waals surface area (Å²) in [5.41, 5.74) is 4.78. The predicted octanol–water partition coefficient (Wildman–Crippen LogP) is 5.96. The minimum atomic E-state index is -3.35. The average molecular weight is 601 g/mol. The van der Waals surface area contributed by atoms with Crippen molar-refractivity contribution < 1.29 is 17.9 Å². The Morgan fingerprint density at radius 1 is 0.953 bits per heavy atom. The van der Waals surface area contributed by atoms with Crippen molar-refractivity contribution in [2.45, 2.75) is 39.3 Å². The fraction of sp³-hybridized carbons (Fsp3) is 0.281. The number of carbonyl (C=O) groups is 1. The number of carbonyl (C=O) groups excluding carboxylic acids is 1. The molecule has 1 aliphatic heterocycles. The van der Waals surface area contributed by atoms with Crippen molar-refractivity contribution in [3.8, 4) is 11.6 Å². The third-order valence-corrected chi connectivity index (χ3v) is 7.84. The van der Waals surface area contributed by atoms with Crippen molar-refractivity contribution in [3.05, 3.63) is 102 Å². The molecular formula is C32H36N6O4S. The Morgan fingerprint density at radius 2 is 1.70 bits per heavy atom. The van der Waals surface area contributed by atoms with E-state index in [1.54, 1.807) is 24.4 Å². The number of hydrogen-bond donors (Lipinski definition) is 2. The summed E-state index contributed by atoms with van der Waals surface area (Å²) in [4.78, 5) is 26.5. The Kier molecular flexibility index (Phi) is 9.22. The first-order valence-electron chi connectivity index (χ1n) is 14.1. The number of benzene rings is 2. The quantitative estimate of drug-likeness (QED) is 0.243. The van der Waals surface area contributed by atoms with Gasteiger partial charge in [-0.1, -0.05) is 24.3 Å². The maximum atomic E-state index is 13.5. The van der Waals surface area contributed by atoms with Gasteiger partial charge < -0.3 is 10.1 Å². The first kappa shape index (κ1) is 30.0. The summed E-state index contributed by atoms with van der Waals surface area (Å²) in [6, 6.07) is 22.4. The minimum Gasteiger partial charge on any atom is -0.439 e. The summed E-state index contributed by atoms with van der Waals surface area (Å²) in [7, 11) is -3.35. The lowest BCUT2D eigenvalue weighted by molar-refractivity contribution is 0.199. The van der Waals surface area contributed by atoms with Crippen molar-refractivity contribution in [2.75, 3.05) is 34.3 Å². The van der Waals surface area contributed by atoms with Gasteiger partial charge in [0.15, 0.2) is 0 Å². The first-order valence-corrected chi connectivity index (χ1v) is 16.0. The predicted molar refractivity (Wildman–Crippen MR) is 169 cm³/mol. The van der Waals surface area contributed by atoms with Crippen LogP contribution in [0.4, 0.5) is 21.9 Å². The van der Waals surface area contributed by atoms with Crippen LogP contribution in [0.5, 0.6) is 11.6 Å². The van der Waals surface area contributed by atoms with Gasteiger partial charge in [-0.3, -0.25) is 19.5 Å². The molecule has 0 saturated carbocycles. The second kappa shape index (κ2) is 13.2. The van der Waals surface area contributed by atoms with E-state index in [-0.39, 0.29) is 12.1 Å². The molecule has 2 amide bonds. The number of aryl methyl sites for hydroxylation is 2. The number of para-hydroxylation sites is 1. The molecule has 11 heteroatoms. The van der Waals surface area contributed by atoms with Gasteiger partial charge in [-0.2, -0.15) is 0 Å². The van der Waals surface area contributed by atoms with Crippen molar-refractivity contribution in [1.29, 1.82) is 0 Å². The number of pyridine rings is 2. The molecule has 0 atom stereocenters. The second-order valence-corrected chi connectivity index (χ2v) is 12.5. The number of aromatic nitrogens is 2. The molecular weight excluding hydrogens is 564 g/mol. The molecule has 0 spiro atoms. The molecule has 2 aromatic carbocycles. The number of likely N-dealkylation sites (tertiary alicyclic amines) is 1. The van der Waals surface area contributed by atoms with E-state index < -0.39 is 10.0 Å². The number of rotatable bonds is 9. The van der Waals surface area contributed by atoms with E-state index in [0.29, 0.717) is 23.0 Å². The maximum Gasteiger partial charge on any atom is 0.326 e. The Morgan fingerprint density at radius 3 is 2.33 bits per heavy atom. The normalized spacial score (nSPS) is 14.2. The van der Waals surface area contributed by atoms with Gasteiger partial charge in [0.1, 0.15) is 5.75 Å². The minimum absolute atomic E-state index is 0.0632. The van der Waals surface area contributed by atoms with Crippen LogP contribution in [0.25, 0.3) is 0 Å². The number of nitrogens with zero attached hydrogens (tertiary/aromatic N) is 4. The van der Waals surface area contributed by atoms with Gasteiger partial charge in [0.2, 0.25) is 15.9 Å². The molecule has 0 bridgehead atoms. The molecule has 0 aliphatic carbocycles. The Bertz CT molecular complexity index is 1640. The molecule has 4 aromatic rings. The fourth-order valence-corrected chi connectivity index (χ4v) is 5.68. The molecule has 0 unspecified atom stereocenters. The molecule has 5 rings (SSSR count). The summed E-state index contributed by atoms with van der Waals surface area (Å²) in [5.74, 6) is 1.06. The van der Waals surface area contributed by atoms with E-state index in [9.17, 15) is 13.2 Å². The molecule has 0 radical (unpaired) electrons.